The topological polar surface area (TPSA) is 61.4 Å². The maximum Gasteiger partial charge on any atom is 0.251 e. The molecule has 0 aliphatic carbocycles. The minimum absolute atomic E-state index is 0.141. The Labute approximate surface area is 192 Å². The van der Waals surface area contributed by atoms with Crippen LogP contribution >= 0.6 is 0 Å². The van der Waals surface area contributed by atoms with Crippen LogP contribution in [0.25, 0.3) is 0 Å². The highest BCUT2D eigenvalue weighted by atomic mass is 19.1. The molecule has 1 fully saturated rings. The van der Waals surface area contributed by atoms with E-state index < -0.39 is 5.82 Å². The van der Waals surface area contributed by atoms with Crippen LogP contribution < -0.4 is 10.2 Å². The molecule has 4 rings (SSSR count). The van der Waals surface area contributed by atoms with Gasteiger partial charge >= 0.3 is 0 Å². The van der Waals surface area contributed by atoms with Crippen LogP contribution in [0.2, 0.25) is 0 Å². The molecule has 172 valence electrons. The number of rotatable bonds is 8. The zero-order valence-electron chi connectivity index (χ0n) is 18.3. The Balaban J connectivity index is 1.31. The van der Waals surface area contributed by atoms with Crippen LogP contribution in [0.5, 0.6) is 0 Å². The first kappa shape index (κ1) is 22.8. The van der Waals surface area contributed by atoms with Gasteiger partial charge in [-0.25, -0.2) is 18.7 Å². The Bertz CT molecular complexity index is 1020. The number of hydrogen-bond donors (Lipinski definition) is 1. The number of nitrogens with zero attached hydrogens (tertiary/aromatic N) is 4. The van der Waals surface area contributed by atoms with Crippen LogP contribution in [0.1, 0.15) is 34.8 Å². The fourth-order valence-corrected chi connectivity index (χ4v) is 4.01. The average Bonchev–Trinajstić information content (AvgIpc) is 2.85. The molecule has 1 saturated heterocycles. The number of benzene rings is 2. The molecule has 0 spiro atoms. The summed E-state index contributed by atoms with van der Waals surface area (Å²) >= 11 is 0. The summed E-state index contributed by atoms with van der Waals surface area (Å²) in [6, 6.07) is 15.2. The van der Waals surface area contributed by atoms with Gasteiger partial charge in [0.1, 0.15) is 5.82 Å². The molecule has 0 bridgehead atoms. The maximum absolute atomic E-state index is 13.4. The highest BCUT2D eigenvalue weighted by molar-refractivity contribution is 5.94. The van der Waals surface area contributed by atoms with Crippen molar-refractivity contribution >= 4 is 11.9 Å². The van der Waals surface area contributed by atoms with Gasteiger partial charge in [-0.3, -0.25) is 9.69 Å². The molecule has 0 radical (unpaired) electrons. The predicted molar refractivity (Wildman–Crippen MR) is 123 cm³/mol. The van der Waals surface area contributed by atoms with E-state index in [1.807, 2.05) is 18.2 Å². The molecule has 1 unspecified atom stereocenters. The fourth-order valence-electron chi connectivity index (χ4n) is 4.01. The number of anilines is 1. The van der Waals surface area contributed by atoms with E-state index in [4.69, 9.17) is 0 Å². The van der Waals surface area contributed by atoms with E-state index in [0.717, 1.165) is 51.1 Å². The number of aromatic nitrogens is 2. The second kappa shape index (κ2) is 11.0. The van der Waals surface area contributed by atoms with Gasteiger partial charge in [-0.1, -0.05) is 30.3 Å². The van der Waals surface area contributed by atoms with Gasteiger partial charge in [0.25, 0.3) is 5.91 Å². The van der Waals surface area contributed by atoms with Crippen molar-refractivity contribution in [2.75, 3.05) is 37.6 Å². The van der Waals surface area contributed by atoms with Crippen molar-refractivity contribution in [2.24, 2.45) is 0 Å². The third-order valence-electron chi connectivity index (χ3n) is 5.84. The summed E-state index contributed by atoms with van der Waals surface area (Å²) in [5, 5.41) is 3.10. The highest BCUT2D eigenvalue weighted by Crippen LogP contribution is 2.21. The van der Waals surface area contributed by atoms with Gasteiger partial charge in [0.15, 0.2) is 5.82 Å². The fraction of sp³-hybridized carbons (Fsp3) is 0.320. The molecule has 2 heterocycles. The molecule has 3 aromatic rings. The van der Waals surface area contributed by atoms with Crippen molar-refractivity contribution in [1.82, 2.24) is 20.2 Å². The van der Waals surface area contributed by atoms with Crippen molar-refractivity contribution in [2.45, 2.75) is 18.9 Å². The van der Waals surface area contributed by atoms with Gasteiger partial charge in [0.05, 0.1) is 18.4 Å². The lowest BCUT2D eigenvalue weighted by molar-refractivity contribution is 0.0933. The largest absolute Gasteiger partial charge is 0.345 e. The van der Waals surface area contributed by atoms with Crippen LogP contribution in [0.15, 0.2) is 67.0 Å². The molecule has 1 aliphatic rings. The predicted octanol–water partition coefficient (Wildman–Crippen LogP) is 3.83. The molecule has 1 N–H and O–H groups in total. The number of piperazine rings is 1. The zero-order chi connectivity index (χ0) is 23.0. The lowest BCUT2D eigenvalue weighted by atomic mass is 10.0. The van der Waals surface area contributed by atoms with Crippen molar-refractivity contribution in [3.05, 3.63) is 89.8 Å². The lowest BCUT2D eigenvalue weighted by Gasteiger charge is -2.34. The normalized spacial score (nSPS) is 15.3. The number of amides is 1. The minimum atomic E-state index is -0.438. The van der Waals surface area contributed by atoms with Gasteiger partial charge in [0, 0.05) is 31.7 Å². The van der Waals surface area contributed by atoms with Crippen LogP contribution in [-0.4, -0.2) is 53.5 Å². The van der Waals surface area contributed by atoms with Crippen molar-refractivity contribution in [3.63, 3.8) is 0 Å². The van der Waals surface area contributed by atoms with E-state index in [1.165, 1.54) is 24.5 Å². The summed E-state index contributed by atoms with van der Waals surface area (Å²) < 4.78 is 26.5. The van der Waals surface area contributed by atoms with Gasteiger partial charge in [-0.2, -0.15) is 0 Å². The third-order valence-corrected chi connectivity index (χ3v) is 5.84. The van der Waals surface area contributed by atoms with Crippen LogP contribution in [0, 0.1) is 11.6 Å². The van der Waals surface area contributed by atoms with Gasteiger partial charge in [-0.05, 0) is 49.2 Å². The molecule has 1 atom stereocenters. The third kappa shape index (κ3) is 6.32. The Morgan fingerprint density at radius 2 is 1.58 bits per heavy atom. The van der Waals surface area contributed by atoms with Crippen molar-refractivity contribution in [1.29, 1.82) is 0 Å². The summed E-state index contributed by atoms with van der Waals surface area (Å²) in [5.74, 6) is -0.323. The van der Waals surface area contributed by atoms with E-state index in [2.05, 4.69) is 25.1 Å². The smallest absolute Gasteiger partial charge is 0.251 e. The molecule has 1 amide bonds. The van der Waals surface area contributed by atoms with E-state index in [1.54, 1.807) is 24.3 Å². The second-order valence-corrected chi connectivity index (χ2v) is 8.12. The molecule has 0 saturated carbocycles. The van der Waals surface area contributed by atoms with Gasteiger partial charge in [0.2, 0.25) is 5.95 Å². The minimum Gasteiger partial charge on any atom is -0.345 e. The molecule has 2 aromatic carbocycles. The van der Waals surface area contributed by atoms with E-state index in [9.17, 15) is 13.6 Å². The van der Waals surface area contributed by atoms with Crippen molar-refractivity contribution in [3.8, 4) is 0 Å². The lowest BCUT2D eigenvalue weighted by Crippen LogP contribution is -2.47. The Morgan fingerprint density at radius 3 is 2.24 bits per heavy atom. The van der Waals surface area contributed by atoms with Crippen LogP contribution in [0.3, 0.4) is 0 Å². The first-order valence-electron chi connectivity index (χ1n) is 11.1. The molecule has 6 nitrogen and oxygen atoms in total. The molecule has 8 heteroatoms. The average molecular weight is 452 g/mol. The summed E-state index contributed by atoms with van der Waals surface area (Å²) in [6.45, 7) is 4.16. The van der Waals surface area contributed by atoms with Crippen molar-refractivity contribution < 1.29 is 13.6 Å². The van der Waals surface area contributed by atoms with E-state index in [0.29, 0.717) is 11.5 Å². The molecule has 1 aliphatic heterocycles. The number of carbonyl (C=O) groups is 1. The molecule has 1 aromatic heterocycles. The summed E-state index contributed by atoms with van der Waals surface area (Å²) in [6.07, 6.45) is 4.00. The first-order chi connectivity index (χ1) is 16.1. The molecular weight excluding hydrogens is 424 g/mol. The van der Waals surface area contributed by atoms with Gasteiger partial charge < -0.3 is 10.2 Å². The van der Waals surface area contributed by atoms with Crippen LogP contribution in [0.4, 0.5) is 14.7 Å². The monoisotopic (exact) mass is 451 g/mol. The maximum atomic E-state index is 13.4. The van der Waals surface area contributed by atoms with E-state index in [-0.39, 0.29) is 17.8 Å². The van der Waals surface area contributed by atoms with Gasteiger partial charge in [-0.15, -0.1) is 0 Å². The molecule has 33 heavy (non-hydrogen) atoms. The SMILES string of the molecule is O=C(NC(CCCN1CCN(c2ncc(F)cn2)CC1)c1ccc(F)cc1)c1ccccc1. The summed E-state index contributed by atoms with van der Waals surface area (Å²) in [4.78, 5) is 25.2. The zero-order valence-corrected chi connectivity index (χ0v) is 18.3. The summed E-state index contributed by atoms with van der Waals surface area (Å²) in [5.41, 5.74) is 1.49. The number of hydrogen-bond acceptors (Lipinski definition) is 5. The van der Waals surface area contributed by atoms with Crippen LogP contribution in [-0.2, 0) is 0 Å². The Hall–Kier alpha value is -3.39. The quantitative estimate of drug-likeness (QED) is 0.564. The second-order valence-electron chi connectivity index (χ2n) is 8.12. The standard InChI is InChI=1S/C25H27F2N5O/c26-21-10-8-19(9-11-21)23(30-24(33)20-5-2-1-3-6-20)7-4-12-31-13-15-32(16-14-31)25-28-17-22(27)18-29-25/h1-3,5-6,8-11,17-18,23H,4,7,12-16H2,(H,30,33). The van der Waals surface area contributed by atoms with E-state index >= 15 is 0 Å². The molecular formula is C25H27F2N5O. The first-order valence-corrected chi connectivity index (χ1v) is 11.1. The number of nitrogens with one attached hydrogen (secondary N) is 1. The Kier molecular flexibility index (Phi) is 7.57. The highest BCUT2D eigenvalue weighted by Gasteiger charge is 2.20. The number of carbonyl (C=O) groups excluding carboxylic acids is 1. The summed E-state index contributed by atoms with van der Waals surface area (Å²) in [7, 11) is 0. The Morgan fingerprint density at radius 1 is 0.909 bits per heavy atom. The number of halogens is 2.